The number of para-hydroxylation sites is 1. The highest BCUT2D eigenvalue weighted by Crippen LogP contribution is 2.26. The van der Waals surface area contributed by atoms with E-state index in [1.807, 2.05) is 47.1 Å². The first-order chi connectivity index (χ1) is 17.7. The van der Waals surface area contributed by atoms with E-state index in [2.05, 4.69) is 9.97 Å². The molecule has 190 valence electrons. The Kier molecular flexibility index (Phi) is 6.06. The molecule has 0 fully saturated rings. The average molecular weight is 509 g/mol. The van der Waals surface area contributed by atoms with Gasteiger partial charge in [-0.15, -0.1) is 0 Å². The molecule has 1 aromatic carbocycles. The summed E-state index contributed by atoms with van der Waals surface area (Å²) in [5.41, 5.74) is 3.77. The molecule has 0 aliphatic carbocycles. The molecule has 0 bridgehead atoms. The number of benzene rings is 1. The second-order valence-corrected chi connectivity index (χ2v) is 8.73. The monoisotopic (exact) mass is 508 g/mol. The number of imidazole rings is 2. The van der Waals surface area contributed by atoms with Gasteiger partial charge in [0.25, 0.3) is 0 Å². The Morgan fingerprint density at radius 2 is 1.89 bits per heavy atom. The number of aryl methyl sites for hydroxylation is 1. The van der Waals surface area contributed by atoms with Crippen LogP contribution in [0.1, 0.15) is 18.9 Å². The van der Waals surface area contributed by atoms with Gasteiger partial charge in [0.05, 0.1) is 29.1 Å². The van der Waals surface area contributed by atoms with Crippen molar-refractivity contribution in [2.24, 2.45) is 0 Å². The zero-order valence-corrected chi connectivity index (χ0v) is 20.0. The van der Waals surface area contributed by atoms with E-state index in [0.717, 1.165) is 22.2 Å². The van der Waals surface area contributed by atoms with Crippen LogP contribution in [0.5, 0.6) is 0 Å². The summed E-state index contributed by atoms with van der Waals surface area (Å²) in [5.74, 6) is -0.571. The Morgan fingerprint density at radius 3 is 2.59 bits per heavy atom. The van der Waals surface area contributed by atoms with E-state index in [-0.39, 0.29) is 6.42 Å². The van der Waals surface area contributed by atoms with Crippen LogP contribution < -0.4 is 11.0 Å². The molecule has 11 heteroatoms. The van der Waals surface area contributed by atoms with Gasteiger partial charge in [-0.3, -0.25) is 9.36 Å². The number of fused-ring (bicyclic) bond motifs is 2. The largest absolute Gasteiger partial charge is 0.408 e. The highest BCUT2D eigenvalue weighted by atomic mass is 19.4. The number of amides is 1. The van der Waals surface area contributed by atoms with Crippen LogP contribution in [0.3, 0.4) is 0 Å². The fourth-order valence-corrected chi connectivity index (χ4v) is 4.51. The summed E-state index contributed by atoms with van der Waals surface area (Å²) in [7, 11) is 0. The lowest BCUT2D eigenvalue weighted by atomic mass is 10.1. The number of nitrogens with one attached hydrogen (secondary N) is 1. The fourth-order valence-electron chi connectivity index (χ4n) is 4.51. The lowest BCUT2D eigenvalue weighted by Crippen LogP contribution is -2.46. The molecule has 5 rings (SSSR count). The van der Waals surface area contributed by atoms with E-state index in [1.54, 1.807) is 36.9 Å². The normalized spacial score (nSPS) is 12.8. The lowest BCUT2D eigenvalue weighted by Gasteiger charge is -2.20. The van der Waals surface area contributed by atoms with Crippen LogP contribution in [-0.4, -0.2) is 41.6 Å². The number of nitrogens with zero attached hydrogens (tertiary/aromatic N) is 5. The number of rotatable bonds is 6. The van der Waals surface area contributed by atoms with Crippen LogP contribution in [0, 0.1) is 6.92 Å². The van der Waals surface area contributed by atoms with Gasteiger partial charge in [0.1, 0.15) is 18.4 Å². The fraction of sp³-hybridized carbons (Fsp3) is 0.231. The molecule has 1 N–H and O–H groups in total. The van der Waals surface area contributed by atoms with E-state index in [4.69, 9.17) is 0 Å². The minimum Gasteiger partial charge on any atom is -0.343 e. The molecule has 0 saturated heterocycles. The zero-order valence-electron chi connectivity index (χ0n) is 20.0. The van der Waals surface area contributed by atoms with Crippen molar-refractivity contribution in [3.63, 3.8) is 0 Å². The summed E-state index contributed by atoms with van der Waals surface area (Å²) >= 11 is 0. The zero-order chi connectivity index (χ0) is 26.3. The van der Waals surface area contributed by atoms with Crippen LogP contribution in [0.25, 0.3) is 33.5 Å². The van der Waals surface area contributed by atoms with Crippen LogP contribution in [-0.2, 0) is 11.3 Å². The number of carbonyl (C=O) groups is 1. The topological polar surface area (TPSA) is 86.2 Å². The van der Waals surface area contributed by atoms with Crippen molar-refractivity contribution < 1.29 is 18.0 Å². The Bertz CT molecular complexity index is 1660. The minimum atomic E-state index is -4.58. The molecule has 8 nitrogen and oxygen atoms in total. The molecule has 4 aromatic heterocycles. The van der Waals surface area contributed by atoms with E-state index >= 15 is 0 Å². The molecule has 0 spiro atoms. The van der Waals surface area contributed by atoms with Crippen LogP contribution in [0.15, 0.2) is 72.2 Å². The number of aromatic nitrogens is 5. The maximum atomic E-state index is 13.5. The third-order valence-corrected chi connectivity index (χ3v) is 6.33. The number of halogens is 3. The number of hydrogen-bond acceptors (Lipinski definition) is 4. The summed E-state index contributed by atoms with van der Waals surface area (Å²) in [6.07, 6.45) is 2.09. The molecular formula is C26H23F3N6O2. The van der Waals surface area contributed by atoms with Gasteiger partial charge in [0, 0.05) is 23.5 Å². The Balaban J connectivity index is 1.55. The number of pyridine rings is 2. The SMILES string of the molecule is CC[C@@H](NC(=O)Cn1c(=O)n(-c2ccc(-c3cccn4cncc34)cn2)c2c(C)cccc21)C(F)(F)F. The van der Waals surface area contributed by atoms with Crippen molar-refractivity contribution in [2.75, 3.05) is 0 Å². The van der Waals surface area contributed by atoms with Gasteiger partial charge >= 0.3 is 11.9 Å². The first-order valence-corrected chi connectivity index (χ1v) is 11.6. The van der Waals surface area contributed by atoms with Gasteiger partial charge in [-0.05, 0) is 43.2 Å². The van der Waals surface area contributed by atoms with Crippen LogP contribution >= 0.6 is 0 Å². The first kappa shape index (κ1) is 24.3. The third kappa shape index (κ3) is 4.37. The van der Waals surface area contributed by atoms with Crippen molar-refractivity contribution >= 4 is 22.5 Å². The molecule has 0 unspecified atom stereocenters. The van der Waals surface area contributed by atoms with Crippen molar-refractivity contribution in [1.82, 2.24) is 28.8 Å². The maximum Gasteiger partial charge on any atom is 0.408 e. The van der Waals surface area contributed by atoms with Crippen molar-refractivity contribution in [3.05, 3.63) is 83.4 Å². The summed E-state index contributed by atoms with van der Waals surface area (Å²) in [5, 5.41) is 1.99. The van der Waals surface area contributed by atoms with Crippen molar-refractivity contribution in [1.29, 1.82) is 0 Å². The van der Waals surface area contributed by atoms with Crippen LogP contribution in [0.4, 0.5) is 13.2 Å². The minimum absolute atomic E-state index is 0.311. The average Bonchev–Trinajstić information content (AvgIpc) is 3.46. The quantitative estimate of drug-likeness (QED) is 0.371. The number of hydrogen-bond donors (Lipinski definition) is 1. The maximum absolute atomic E-state index is 13.5. The lowest BCUT2D eigenvalue weighted by molar-refractivity contribution is -0.162. The molecular weight excluding hydrogens is 485 g/mol. The first-order valence-electron chi connectivity index (χ1n) is 11.6. The molecule has 4 heterocycles. The Labute approximate surface area is 209 Å². The van der Waals surface area contributed by atoms with E-state index < -0.39 is 30.4 Å². The summed E-state index contributed by atoms with van der Waals surface area (Å²) in [6.45, 7) is 2.59. The molecule has 5 aromatic rings. The summed E-state index contributed by atoms with van der Waals surface area (Å²) in [6, 6.07) is 10.6. The van der Waals surface area contributed by atoms with Gasteiger partial charge in [-0.25, -0.2) is 19.3 Å². The predicted molar refractivity (Wildman–Crippen MR) is 133 cm³/mol. The van der Waals surface area contributed by atoms with Gasteiger partial charge in [-0.1, -0.05) is 25.1 Å². The Hall–Kier alpha value is -4.41. The van der Waals surface area contributed by atoms with E-state index in [9.17, 15) is 22.8 Å². The van der Waals surface area contributed by atoms with Crippen molar-refractivity contribution in [3.8, 4) is 16.9 Å². The smallest absolute Gasteiger partial charge is 0.343 e. The standard InChI is InChI=1S/C26H23F3N6O2/c1-3-21(26(27,28)29)32-23(36)14-34-19-8-4-6-16(2)24(19)35(25(34)37)22-10-9-17(12-31-22)18-7-5-11-33-15-30-13-20(18)33/h4-13,15,21H,3,14H2,1-2H3,(H,32,36)/t21-/m1/s1. The highest BCUT2D eigenvalue weighted by Gasteiger charge is 2.39. The number of alkyl halides is 3. The predicted octanol–water partition coefficient (Wildman–Crippen LogP) is 4.27. The molecule has 1 amide bonds. The summed E-state index contributed by atoms with van der Waals surface area (Å²) in [4.78, 5) is 34.7. The molecule has 1 atom stereocenters. The number of carbonyl (C=O) groups excluding carboxylic acids is 1. The van der Waals surface area contributed by atoms with Gasteiger partial charge < -0.3 is 9.72 Å². The van der Waals surface area contributed by atoms with E-state index in [1.165, 1.54) is 16.1 Å². The highest BCUT2D eigenvalue weighted by molar-refractivity contribution is 5.84. The van der Waals surface area contributed by atoms with E-state index in [0.29, 0.717) is 16.9 Å². The molecule has 0 radical (unpaired) electrons. The van der Waals surface area contributed by atoms with Gasteiger partial charge in [0.15, 0.2) is 0 Å². The third-order valence-electron chi connectivity index (χ3n) is 6.33. The molecule has 37 heavy (non-hydrogen) atoms. The Morgan fingerprint density at radius 1 is 1.08 bits per heavy atom. The second-order valence-electron chi connectivity index (χ2n) is 8.73. The summed E-state index contributed by atoms with van der Waals surface area (Å²) < 4.78 is 43.9. The second kappa shape index (κ2) is 9.23. The molecule has 0 aliphatic rings. The van der Waals surface area contributed by atoms with Gasteiger partial charge in [0.2, 0.25) is 5.91 Å². The van der Waals surface area contributed by atoms with Gasteiger partial charge in [-0.2, -0.15) is 13.2 Å². The van der Waals surface area contributed by atoms with Crippen LogP contribution in [0.2, 0.25) is 0 Å². The van der Waals surface area contributed by atoms with Crippen molar-refractivity contribution in [2.45, 2.75) is 39.0 Å². The molecule has 0 saturated carbocycles. The molecule has 0 aliphatic heterocycles.